The zero-order chi connectivity index (χ0) is 29.4. The van der Waals surface area contributed by atoms with Gasteiger partial charge in [-0.2, -0.15) is 0 Å². The van der Waals surface area contributed by atoms with Crippen LogP contribution in [0.15, 0.2) is 53.0 Å². The van der Waals surface area contributed by atoms with E-state index in [4.69, 9.17) is 5.73 Å². The number of Topliss-reactive ketones (excluding diaryl/α,β-unsaturated/α-hetero) is 2. The molecule has 0 unspecified atom stereocenters. The quantitative estimate of drug-likeness (QED) is 0.361. The SMILES string of the molecule is Cc1cc(-c2ccc(N(C)C)cc2)c2c(c1O)C(=O)C1=C(O)[C@]3(O)C(=O)C(C(N)=O)=C(O)[C@@H](N(C)C)[C@@H]3C[C@@H]1C2. The number of phenolic OH excluding ortho intramolecular Hbond substituents is 1. The lowest BCUT2D eigenvalue weighted by molar-refractivity contribution is -0.148. The lowest BCUT2D eigenvalue weighted by Crippen LogP contribution is -2.63. The number of carbonyl (C=O) groups is 3. The Kier molecular flexibility index (Phi) is 6.31. The van der Waals surface area contributed by atoms with Gasteiger partial charge in [0.05, 0.1) is 11.6 Å². The van der Waals surface area contributed by atoms with Gasteiger partial charge in [0.1, 0.15) is 22.8 Å². The second-order valence-corrected chi connectivity index (χ2v) is 11.3. The van der Waals surface area contributed by atoms with Gasteiger partial charge in [-0.25, -0.2) is 0 Å². The molecule has 10 heteroatoms. The topological polar surface area (TPSA) is 165 Å². The molecule has 2 aromatic carbocycles. The highest BCUT2D eigenvalue weighted by Gasteiger charge is 2.63. The molecule has 0 saturated heterocycles. The first-order chi connectivity index (χ1) is 18.7. The summed E-state index contributed by atoms with van der Waals surface area (Å²) in [6, 6.07) is 8.56. The number of aliphatic hydroxyl groups is 3. The molecular weight excluding hydrogens is 514 g/mol. The summed E-state index contributed by atoms with van der Waals surface area (Å²) >= 11 is 0. The van der Waals surface area contributed by atoms with Crippen molar-refractivity contribution in [1.82, 2.24) is 4.90 Å². The van der Waals surface area contributed by atoms with Gasteiger partial charge in [-0.05, 0) is 80.2 Å². The van der Waals surface area contributed by atoms with Crippen LogP contribution in [0.2, 0.25) is 0 Å². The average molecular weight is 548 g/mol. The van der Waals surface area contributed by atoms with Crippen molar-refractivity contribution in [3.05, 3.63) is 69.7 Å². The molecule has 0 heterocycles. The van der Waals surface area contributed by atoms with E-state index >= 15 is 0 Å². The number of phenols is 1. The molecule has 40 heavy (non-hydrogen) atoms. The van der Waals surface area contributed by atoms with Crippen molar-refractivity contribution in [3.8, 4) is 16.9 Å². The molecule has 3 aliphatic carbocycles. The molecular formula is C30H33N3O7. The molecule has 0 aromatic heterocycles. The molecule has 5 rings (SSSR count). The van der Waals surface area contributed by atoms with Crippen LogP contribution in [-0.4, -0.2) is 82.6 Å². The molecule has 0 aliphatic heterocycles. The minimum atomic E-state index is -2.66. The van der Waals surface area contributed by atoms with E-state index in [1.165, 1.54) is 4.90 Å². The highest BCUT2D eigenvalue weighted by Crippen LogP contribution is 2.53. The molecule has 0 bridgehead atoms. The predicted molar refractivity (Wildman–Crippen MR) is 148 cm³/mol. The van der Waals surface area contributed by atoms with E-state index in [0.717, 1.165) is 16.8 Å². The van der Waals surface area contributed by atoms with Crippen molar-refractivity contribution in [3.63, 3.8) is 0 Å². The summed E-state index contributed by atoms with van der Waals surface area (Å²) in [7, 11) is 7.07. The summed E-state index contributed by atoms with van der Waals surface area (Å²) in [4.78, 5) is 43.1. The Labute approximate surface area is 231 Å². The standard InChI is InChI=1S/C30H33N3O7/c1-13-10-17(14-6-8-16(9-7-14)32(2)3)18-11-15-12-19-23(33(4)5)26(36)22(29(31)39)28(38)30(19,40)27(37)20(15)25(35)21(18)24(13)34/h6-10,15,19,23,34,36-37,40H,11-12H2,1-5H3,(H2,31,39)/t15-,19-,23-,30-/m0/s1. The first kappa shape index (κ1) is 27.4. The van der Waals surface area contributed by atoms with Gasteiger partial charge >= 0.3 is 0 Å². The number of ketones is 2. The lowest BCUT2D eigenvalue weighted by atomic mass is 9.58. The van der Waals surface area contributed by atoms with E-state index in [9.17, 15) is 34.8 Å². The number of allylic oxidation sites excluding steroid dienone is 1. The van der Waals surface area contributed by atoms with Gasteiger partial charge in [0, 0.05) is 31.3 Å². The lowest BCUT2D eigenvalue weighted by Gasteiger charge is -2.50. The maximum absolute atomic E-state index is 14.0. The molecule has 210 valence electrons. The van der Waals surface area contributed by atoms with Gasteiger partial charge in [0.2, 0.25) is 5.78 Å². The molecule has 0 spiro atoms. The van der Waals surface area contributed by atoms with Crippen LogP contribution in [-0.2, 0) is 16.0 Å². The number of aliphatic hydroxyl groups excluding tert-OH is 2. The molecule has 0 fully saturated rings. The molecule has 4 atom stereocenters. The Hall–Kier alpha value is -4.15. The van der Waals surface area contributed by atoms with Gasteiger partial charge < -0.3 is 31.1 Å². The van der Waals surface area contributed by atoms with Gasteiger partial charge in [-0.15, -0.1) is 0 Å². The number of carbonyl (C=O) groups excluding carboxylic acids is 3. The summed E-state index contributed by atoms with van der Waals surface area (Å²) in [5, 5.41) is 45.2. The van der Waals surface area contributed by atoms with Crippen molar-refractivity contribution >= 4 is 23.2 Å². The van der Waals surface area contributed by atoms with Crippen LogP contribution >= 0.6 is 0 Å². The highest BCUT2D eigenvalue weighted by atomic mass is 16.3. The normalized spacial score (nSPS) is 26.0. The van der Waals surface area contributed by atoms with Crippen molar-refractivity contribution in [2.75, 3.05) is 33.1 Å². The van der Waals surface area contributed by atoms with Crippen LogP contribution in [0.5, 0.6) is 5.75 Å². The Bertz CT molecular complexity index is 1540. The van der Waals surface area contributed by atoms with E-state index in [1.807, 2.05) is 49.3 Å². The fourth-order valence-corrected chi connectivity index (χ4v) is 6.65. The highest BCUT2D eigenvalue weighted by molar-refractivity contribution is 6.25. The van der Waals surface area contributed by atoms with E-state index < -0.39 is 58.0 Å². The zero-order valence-electron chi connectivity index (χ0n) is 23.0. The Morgan fingerprint density at radius 3 is 2.23 bits per heavy atom. The van der Waals surface area contributed by atoms with Gasteiger partial charge in [-0.3, -0.25) is 19.3 Å². The van der Waals surface area contributed by atoms with Crippen LogP contribution in [0.25, 0.3) is 11.1 Å². The minimum Gasteiger partial charge on any atom is -0.510 e. The maximum atomic E-state index is 14.0. The predicted octanol–water partition coefficient (Wildman–Crippen LogP) is 2.16. The maximum Gasteiger partial charge on any atom is 0.255 e. The van der Waals surface area contributed by atoms with Crippen LogP contribution < -0.4 is 10.6 Å². The Balaban J connectivity index is 1.72. The first-order valence-corrected chi connectivity index (χ1v) is 13.0. The summed E-state index contributed by atoms with van der Waals surface area (Å²) in [5.41, 5.74) is 5.38. The second-order valence-electron chi connectivity index (χ2n) is 11.3. The summed E-state index contributed by atoms with van der Waals surface area (Å²) < 4.78 is 0. The minimum absolute atomic E-state index is 0.00691. The molecule has 10 nitrogen and oxygen atoms in total. The number of hydrogen-bond acceptors (Lipinski definition) is 9. The Morgan fingerprint density at radius 1 is 1.05 bits per heavy atom. The van der Waals surface area contributed by atoms with E-state index in [0.29, 0.717) is 11.1 Å². The smallest absolute Gasteiger partial charge is 0.255 e. The molecule has 3 aliphatic rings. The zero-order valence-corrected chi connectivity index (χ0v) is 23.0. The number of fused-ring (bicyclic) bond motifs is 3. The number of aryl methyl sites for hydroxylation is 1. The first-order valence-electron chi connectivity index (χ1n) is 13.0. The third-order valence-corrected chi connectivity index (χ3v) is 8.61. The number of hydrogen-bond donors (Lipinski definition) is 5. The van der Waals surface area contributed by atoms with Gasteiger partial charge in [-0.1, -0.05) is 12.1 Å². The number of anilines is 1. The molecule has 0 saturated carbocycles. The third-order valence-electron chi connectivity index (χ3n) is 8.61. The van der Waals surface area contributed by atoms with E-state index in [2.05, 4.69) is 0 Å². The van der Waals surface area contributed by atoms with Crippen LogP contribution in [0.4, 0.5) is 5.69 Å². The molecule has 6 N–H and O–H groups in total. The van der Waals surface area contributed by atoms with Crippen molar-refractivity contribution < 1.29 is 34.8 Å². The second kappa shape index (κ2) is 9.21. The van der Waals surface area contributed by atoms with Crippen molar-refractivity contribution in [2.24, 2.45) is 17.6 Å². The summed E-state index contributed by atoms with van der Waals surface area (Å²) in [5.74, 6) is -6.60. The van der Waals surface area contributed by atoms with Gasteiger partial charge in [0.25, 0.3) is 5.91 Å². The molecule has 1 amide bonds. The van der Waals surface area contributed by atoms with Crippen molar-refractivity contribution in [2.45, 2.75) is 31.4 Å². The van der Waals surface area contributed by atoms with Crippen LogP contribution in [0.3, 0.4) is 0 Å². The van der Waals surface area contributed by atoms with E-state index in [1.54, 1.807) is 21.0 Å². The number of aromatic hydroxyl groups is 1. The number of nitrogens with two attached hydrogens (primary N) is 1. The van der Waals surface area contributed by atoms with Crippen LogP contribution in [0, 0.1) is 18.8 Å². The fraction of sp³-hybridized carbons (Fsp3) is 0.367. The number of nitrogens with zero attached hydrogens (tertiary/aromatic N) is 2. The molecule has 0 radical (unpaired) electrons. The fourth-order valence-electron chi connectivity index (χ4n) is 6.65. The third kappa shape index (κ3) is 3.66. The summed E-state index contributed by atoms with van der Waals surface area (Å²) in [6.45, 7) is 1.67. The number of benzene rings is 2. The number of rotatable bonds is 4. The molecule has 2 aromatic rings. The summed E-state index contributed by atoms with van der Waals surface area (Å²) in [6.07, 6.45) is 0.270. The van der Waals surface area contributed by atoms with Crippen LogP contribution in [0.1, 0.15) is 27.9 Å². The van der Waals surface area contributed by atoms with E-state index in [-0.39, 0.29) is 29.7 Å². The van der Waals surface area contributed by atoms with Gasteiger partial charge in [0.15, 0.2) is 11.4 Å². The number of amides is 1. The Morgan fingerprint density at radius 2 is 1.68 bits per heavy atom. The van der Waals surface area contributed by atoms with Crippen molar-refractivity contribution in [1.29, 1.82) is 0 Å². The average Bonchev–Trinajstić information content (AvgIpc) is 2.88. The monoisotopic (exact) mass is 547 g/mol. The number of primary amides is 1. The number of likely N-dealkylation sites (N-methyl/N-ethyl adjacent to an activating group) is 1. The largest absolute Gasteiger partial charge is 0.510 e.